The summed E-state index contributed by atoms with van der Waals surface area (Å²) in [5.41, 5.74) is 9.79. The monoisotopic (exact) mass is 681 g/mol. The molecular weight excluding hydrogens is 605 g/mol. The van der Waals surface area contributed by atoms with Gasteiger partial charge >= 0.3 is 0 Å². The van der Waals surface area contributed by atoms with Crippen molar-refractivity contribution in [3.8, 4) is 11.8 Å². The quantitative estimate of drug-likeness (QED) is 0.0485. The lowest BCUT2D eigenvalue weighted by Crippen LogP contribution is -2.12. The number of unbranched alkanes of at least 4 members (excludes halogenated alkanes) is 15. The molecule has 2 aromatic carbocycles. The van der Waals surface area contributed by atoms with Crippen LogP contribution in [0.1, 0.15) is 205 Å². The van der Waals surface area contributed by atoms with Crippen LogP contribution in [-0.2, 0) is 25.7 Å². The summed E-state index contributed by atoms with van der Waals surface area (Å²) in [6.45, 7) is 13.7. The van der Waals surface area contributed by atoms with Crippen LogP contribution in [0.4, 0.5) is 11.4 Å². The highest BCUT2D eigenvalue weighted by molar-refractivity contribution is 6.49. The number of hydrogen-bond acceptors (Lipinski definition) is 2. The van der Waals surface area contributed by atoms with E-state index >= 15 is 0 Å². The molecule has 0 aromatic heterocycles. The predicted molar refractivity (Wildman–Crippen MR) is 225 cm³/mol. The van der Waals surface area contributed by atoms with E-state index in [0.717, 1.165) is 67.7 Å². The summed E-state index contributed by atoms with van der Waals surface area (Å²) in [5, 5.41) is 0. The summed E-state index contributed by atoms with van der Waals surface area (Å²) in [5.74, 6) is 7.24. The zero-order valence-electron chi connectivity index (χ0n) is 33.7. The van der Waals surface area contributed by atoms with Gasteiger partial charge in [-0.3, -0.25) is 4.99 Å². The Balaban J connectivity index is 2.58. The van der Waals surface area contributed by atoms with Crippen LogP contribution in [0.3, 0.4) is 0 Å². The van der Waals surface area contributed by atoms with Gasteiger partial charge < -0.3 is 0 Å². The van der Waals surface area contributed by atoms with Crippen LogP contribution in [0.25, 0.3) is 0 Å². The van der Waals surface area contributed by atoms with Gasteiger partial charge in [0.15, 0.2) is 0 Å². The molecule has 0 atom stereocenters. The molecule has 0 bridgehead atoms. The van der Waals surface area contributed by atoms with E-state index in [-0.39, 0.29) is 0 Å². The molecule has 0 aliphatic rings. The molecule has 0 saturated carbocycles. The van der Waals surface area contributed by atoms with Crippen LogP contribution < -0.4 is 0 Å². The van der Waals surface area contributed by atoms with E-state index in [4.69, 9.17) is 9.98 Å². The Morgan fingerprint density at radius 1 is 0.420 bits per heavy atom. The Morgan fingerprint density at radius 3 is 1.24 bits per heavy atom. The van der Waals surface area contributed by atoms with Crippen molar-refractivity contribution in [2.45, 2.75) is 208 Å². The fourth-order valence-corrected chi connectivity index (χ4v) is 6.61. The maximum absolute atomic E-state index is 5.48. The van der Waals surface area contributed by atoms with Gasteiger partial charge in [-0.1, -0.05) is 149 Å². The lowest BCUT2D eigenvalue weighted by molar-refractivity contribution is 0.579. The highest BCUT2D eigenvalue weighted by Gasteiger charge is 2.12. The van der Waals surface area contributed by atoms with Gasteiger partial charge in [0, 0.05) is 6.42 Å². The molecule has 2 heteroatoms. The molecule has 2 nitrogen and oxygen atoms in total. The Kier molecular flexibility index (Phi) is 25.2. The highest BCUT2D eigenvalue weighted by atomic mass is 14.8. The van der Waals surface area contributed by atoms with Crippen molar-refractivity contribution in [3.63, 3.8) is 0 Å². The average molecular weight is 681 g/mol. The van der Waals surface area contributed by atoms with Gasteiger partial charge in [-0.05, 0) is 123 Å². The first-order valence-electron chi connectivity index (χ1n) is 21.5. The molecule has 0 heterocycles. The van der Waals surface area contributed by atoms with Crippen LogP contribution in [0, 0.1) is 11.8 Å². The number of nitrogens with zero attached hydrogens (tertiary/aromatic N) is 2. The molecule has 0 unspecified atom stereocenters. The first-order chi connectivity index (χ1) is 24.6. The summed E-state index contributed by atoms with van der Waals surface area (Å²) in [4.78, 5) is 10.9. The SMILES string of the molecule is CCCCCCCCCCC#CC(=Nc1cc(CCCC)cc(CCCC)c1)C(CCCCCC)=Nc1cc(CCCC)cc(CCCC)c1. The first-order valence-corrected chi connectivity index (χ1v) is 21.5. The minimum Gasteiger partial charge on any atom is -0.250 e. The number of hydrogen-bond donors (Lipinski definition) is 0. The minimum atomic E-state index is 0.893. The number of benzene rings is 2. The van der Waals surface area contributed by atoms with Gasteiger partial charge in [-0.25, -0.2) is 4.99 Å². The van der Waals surface area contributed by atoms with E-state index in [1.807, 2.05) is 0 Å². The zero-order valence-corrected chi connectivity index (χ0v) is 33.7. The standard InChI is InChI=1S/C48H76N2/c1-7-13-19-21-22-23-24-25-26-28-34-48(50-46-39-43(31-17-11-5)36-44(40-46)32-18-12-6)47(33-27-20-14-8-2)49-45-37-41(29-15-9-3)35-42(38-45)30-16-10-4/h35-40H,7-27,29-33H2,1-6H3. The second kappa shape index (κ2) is 29.0. The summed E-state index contributed by atoms with van der Waals surface area (Å²) >= 11 is 0. The Bertz CT molecular complexity index is 1230. The second-order valence-corrected chi connectivity index (χ2v) is 14.8. The smallest absolute Gasteiger partial charge is 0.135 e. The topological polar surface area (TPSA) is 24.7 Å². The van der Waals surface area contributed by atoms with Crippen LogP contribution >= 0.6 is 0 Å². The van der Waals surface area contributed by atoms with E-state index in [2.05, 4.69) is 89.8 Å². The third-order valence-corrected chi connectivity index (χ3v) is 9.76. The van der Waals surface area contributed by atoms with E-state index in [9.17, 15) is 0 Å². The molecule has 0 spiro atoms. The van der Waals surface area contributed by atoms with Gasteiger partial charge in [0.1, 0.15) is 5.71 Å². The molecule has 2 rings (SSSR count). The molecule has 50 heavy (non-hydrogen) atoms. The Morgan fingerprint density at radius 2 is 0.800 bits per heavy atom. The maximum Gasteiger partial charge on any atom is 0.135 e. The molecule has 0 amide bonds. The molecule has 0 aliphatic heterocycles. The van der Waals surface area contributed by atoms with Crippen molar-refractivity contribution in [1.82, 2.24) is 0 Å². The fourth-order valence-electron chi connectivity index (χ4n) is 6.61. The van der Waals surface area contributed by atoms with Crippen LogP contribution in [-0.4, -0.2) is 11.4 Å². The molecule has 0 aliphatic carbocycles. The van der Waals surface area contributed by atoms with Crippen molar-refractivity contribution in [3.05, 3.63) is 58.7 Å². The highest BCUT2D eigenvalue weighted by Crippen LogP contribution is 2.25. The first kappa shape index (κ1) is 43.5. The molecule has 0 fully saturated rings. The molecule has 0 N–H and O–H groups in total. The van der Waals surface area contributed by atoms with Crippen molar-refractivity contribution < 1.29 is 0 Å². The largest absolute Gasteiger partial charge is 0.250 e. The third-order valence-electron chi connectivity index (χ3n) is 9.76. The van der Waals surface area contributed by atoms with Crippen molar-refractivity contribution >= 4 is 22.8 Å². The van der Waals surface area contributed by atoms with Gasteiger partial charge in [0.2, 0.25) is 0 Å². The second-order valence-electron chi connectivity index (χ2n) is 14.8. The summed E-state index contributed by atoms with van der Waals surface area (Å²) in [6.07, 6.45) is 31.5. The Hall–Kier alpha value is -2.66. The van der Waals surface area contributed by atoms with E-state index in [1.165, 1.54) is 144 Å². The van der Waals surface area contributed by atoms with Crippen molar-refractivity contribution in [2.24, 2.45) is 9.98 Å². The average Bonchev–Trinajstić information content (AvgIpc) is 3.12. The molecular formula is C48H76N2. The van der Waals surface area contributed by atoms with Crippen molar-refractivity contribution in [2.75, 3.05) is 0 Å². The van der Waals surface area contributed by atoms with Crippen LogP contribution in [0.2, 0.25) is 0 Å². The van der Waals surface area contributed by atoms with Crippen LogP contribution in [0.5, 0.6) is 0 Å². The number of aliphatic imine (C=N–C) groups is 2. The zero-order chi connectivity index (χ0) is 36.1. The van der Waals surface area contributed by atoms with Gasteiger partial charge in [0.05, 0.1) is 17.1 Å². The summed E-state index contributed by atoms with van der Waals surface area (Å²) < 4.78 is 0. The molecule has 0 saturated heterocycles. The molecule has 2 aromatic rings. The summed E-state index contributed by atoms with van der Waals surface area (Å²) in [7, 11) is 0. The normalized spacial score (nSPS) is 12.0. The van der Waals surface area contributed by atoms with Crippen LogP contribution in [0.15, 0.2) is 46.4 Å². The summed E-state index contributed by atoms with van der Waals surface area (Å²) in [6, 6.07) is 14.2. The maximum atomic E-state index is 5.48. The number of rotatable bonds is 28. The Labute approximate surface area is 310 Å². The van der Waals surface area contributed by atoms with E-state index in [1.54, 1.807) is 0 Å². The van der Waals surface area contributed by atoms with Gasteiger partial charge in [0.25, 0.3) is 0 Å². The fraction of sp³-hybridized carbons (Fsp3) is 0.667. The lowest BCUT2D eigenvalue weighted by atomic mass is 10.00. The van der Waals surface area contributed by atoms with Gasteiger partial charge in [-0.2, -0.15) is 0 Å². The van der Waals surface area contributed by atoms with E-state index in [0.29, 0.717) is 0 Å². The molecule has 278 valence electrons. The predicted octanol–water partition coefficient (Wildman–Crippen LogP) is 15.4. The third kappa shape index (κ3) is 19.7. The minimum absolute atomic E-state index is 0.893. The van der Waals surface area contributed by atoms with Crippen molar-refractivity contribution in [1.29, 1.82) is 0 Å². The van der Waals surface area contributed by atoms with E-state index < -0.39 is 0 Å². The molecule has 0 radical (unpaired) electrons. The number of aryl methyl sites for hydroxylation is 4. The van der Waals surface area contributed by atoms with Gasteiger partial charge in [-0.15, -0.1) is 0 Å². The lowest BCUT2D eigenvalue weighted by Gasteiger charge is -2.11.